The molecule has 0 atom stereocenters. The zero-order valence-electron chi connectivity index (χ0n) is 14.2. The number of aromatic amines is 1. The van der Waals surface area contributed by atoms with Crippen LogP contribution in [0.4, 0.5) is 20.4 Å². The molecule has 4 aromatic rings. The quantitative estimate of drug-likeness (QED) is 0.431. The summed E-state index contributed by atoms with van der Waals surface area (Å²) in [5, 5.41) is 3.18. The first-order chi connectivity index (χ1) is 13.5. The molecule has 28 heavy (non-hydrogen) atoms. The van der Waals surface area contributed by atoms with Crippen LogP contribution in [0.1, 0.15) is 5.56 Å². The first-order valence-corrected chi connectivity index (χ1v) is 8.48. The summed E-state index contributed by atoms with van der Waals surface area (Å²) < 4.78 is 34.0. The van der Waals surface area contributed by atoms with Crippen molar-refractivity contribution in [2.75, 3.05) is 11.1 Å². The molecule has 0 bridgehead atoms. The Balaban J connectivity index is 1.50. The van der Waals surface area contributed by atoms with E-state index in [1.165, 1.54) is 12.4 Å². The average Bonchev–Trinajstić information content (AvgIpc) is 3.05. The average molecular weight is 403 g/mol. The first kappa shape index (κ1) is 17.9. The van der Waals surface area contributed by atoms with Crippen molar-refractivity contribution in [3.8, 4) is 11.8 Å². The fourth-order valence-corrected chi connectivity index (χ4v) is 2.65. The van der Waals surface area contributed by atoms with E-state index in [2.05, 4.69) is 25.3 Å². The van der Waals surface area contributed by atoms with E-state index in [-0.39, 0.29) is 23.9 Å². The highest BCUT2D eigenvalue weighted by atomic mass is 35.5. The number of anilines is 2. The van der Waals surface area contributed by atoms with E-state index in [0.29, 0.717) is 22.2 Å². The van der Waals surface area contributed by atoms with Crippen molar-refractivity contribution in [3.63, 3.8) is 0 Å². The Bertz CT molecular complexity index is 1130. The number of rotatable bonds is 5. The molecule has 0 aliphatic carbocycles. The number of nitrogens with zero attached hydrogens (tertiary/aromatic N) is 3. The lowest BCUT2D eigenvalue weighted by atomic mass is 10.2. The van der Waals surface area contributed by atoms with Crippen LogP contribution in [0, 0.1) is 11.6 Å². The van der Waals surface area contributed by atoms with Gasteiger partial charge in [-0.1, -0.05) is 11.6 Å². The normalized spacial score (nSPS) is 11.0. The van der Waals surface area contributed by atoms with Crippen molar-refractivity contribution < 1.29 is 13.5 Å². The van der Waals surface area contributed by atoms with Crippen LogP contribution in [0.25, 0.3) is 11.0 Å². The van der Waals surface area contributed by atoms with Crippen LogP contribution in [0.15, 0.2) is 42.7 Å². The maximum Gasteiger partial charge on any atom is 0.321 e. The second-order valence-electron chi connectivity index (χ2n) is 5.87. The molecule has 0 saturated heterocycles. The lowest BCUT2D eigenvalue weighted by Gasteiger charge is -2.09. The van der Waals surface area contributed by atoms with E-state index >= 15 is 0 Å². The predicted octanol–water partition coefficient (Wildman–Crippen LogP) is 4.27. The van der Waals surface area contributed by atoms with E-state index in [9.17, 15) is 8.78 Å². The second-order valence-corrected chi connectivity index (χ2v) is 6.30. The number of H-pyrrole nitrogens is 1. The molecule has 0 radical (unpaired) electrons. The van der Waals surface area contributed by atoms with E-state index in [4.69, 9.17) is 22.1 Å². The van der Waals surface area contributed by atoms with Crippen LogP contribution >= 0.6 is 11.6 Å². The summed E-state index contributed by atoms with van der Waals surface area (Å²) in [7, 11) is 0. The molecule has 4 rings (SSSR count). The zero-order valence-corrected chi connectivity index (χ0v) is 15.0. The van der Waals surface area contributed by atoms with E-state index < -0.39 is 11.6 Å². The Morgan fingerprint density at radius 3 is 2.54 bits per heavy atom. The van der Waals surface area contributed by atoms with Gasteiger partial charge in [-0.15, -0.1) is 0 Å². The van der Waals surface area contributed by atoms with Crippen LogP contribution in [0.2, 0.25) is 5.02 Å². The molecule has 0 unspecified atom stereocenters. The third kappa shape index (κ3) is 3.79. The molecule has 0 fully saturated rings. The van der Waals surface area contributed by atoms with E-state index in [0.717, 1.165) is 17.6 Å². The molecule has 0 aliphatic heterocycles. The van der Waals surface area contributed by atoms with Crippen LogP contribution in [0.5, 0.6) is 11.8 Å². The van der Waals surface area contributed by atoms with Crippen molar-refractivity contribution in [1.82, 2.24) is 19.9 Å². The minimum absolute atomic E-state index is 0.0692. The molecular formula is C18H13ClF2N6O. The van der Waals surface area contributed by atoms with Crippen LogP contribution in [-0.2, 0) is 6.54 Å². The third-order valence-corrected chi connectivity index (χ3v) is 4.05. The standard InChI is InChI=1S/C18H13ClF2N6O/c19-9-6-24-18(25-7-9)28-11-4-13(20)12(14(21)5-11)8-23-17-26-15-2-1-10(22)3-16(15)27-17/h1-7H,8,22H2,(H2,23,26,27). The summed E-state index contributed by atoms with van der Waals surface area (Å²) in [4.78, 5) is 14.9. The monoisotopic (exact) mass is 402 g/mol. The molecule has 10 heteroatoms. The van der Waals surface area contributed by atoms with Gasteiger partial charge in [-0.3, -0.25) is 0 Å². The number of hydrogen-bond acceptors (Lipinski definition) is 6. The second kappa shape index (κ2) is 7.28. The van der Waals surface area contributed by atoms with Gasteiger partial charge in [-0.2, -0.15) is 0 Å². The molecule has 4 N–H and O–H groups in total. The largest absolute Gasteiger partial charge is 0.424 e. The predicted molar refractivity (Wildman–Crippen MR) is 101 cm³/mol. The molecule has 0 saturated carbocycles. The van der Waals surface area contributed by atoms with Gasteiger partial charge in [0.05, 0.1) is 28.4 Å². The molecule has 142 valence electrons. The van der Waals surface area contributed by atoms with Gasteiger partial charge in [-0.25, -0.2) is 23.7 Å². The van der Waals surface area contributed by atoms with Gasteiger partial charge < -0.3 is 20.8 Å². The lowest BCUT2D eigenvalue weighted by molar-refractivity contribution is 0.430. The van der Waals surface area contributed by atoms with Crippen molar-refractivity contribution in [1.29, 1.82) is 0 Å². The topological polar surface area (TPSA) is 102 Å². The maximum absolute atomic E-state index is 14.4. The van der Waals surface area contributed by atoms with Crippen molar-refractivity contribution in [2.24, 2.45) is 0 Å². The third-order valence-electron chi connectivity index (χ3n) is 3.86. The molecule has 2 aromatic carbocycles. The number of benzene rings is 2. The van der Waals surface area contributed by atoms with Gasteiger partial charge in [0, 0.05) is 29.9 Å². The summed E-state index contributed by atoms with van der Waals surface area (Å²) in [6.07, 6.45) is 2.63. The molecular weight excluding hydrogens is 390 g/mol. The molecule has 0 spiro atoms. The van der Waals surface area contributed by atoms with Gasteiger partial charge in [0.15, 0.2) is 0 Å². The number of ether oxygens (including phenoxy) is 1. The number of halogens is 3. The van der Waals surface area contributed by atoms with Gasteiger partial charge >= 0.3 is 6.01 Å². The fraction of sp³-hybridized carbons (Fsp3) is 0.0556. The number of nitrogen functional groups attached to an aromatic ring is 1. The molecule has 2 aromatic heterocycles. The Morgan fingerprint density at radius 2 is 1.82 bits per heavy atom. The van der Waals surface area contributed by atoms with Crippen molar-refractivity contribution in [2.45, 2.75) is 6.54 Å². The Labute approximate surface area is 162 Å². The minimum atomic E-state index is -0.781. The number of nitrogens with one attached hydrogen (secondary N) is 2. The number of hydrogen-bond donors (Lipinski definition) is 3. The number of imidazole rings is 1. The molecule has 2 heterocycles. The fourth-order valence-electron chi connectivity index (χ4n) is 2.55. The Hall–Kier alpha value is -3.46. The molecule has 0 aliphatic rings. The molecule has 0 amide bonds. The highest BCUT2D eigenvalue weighted by Crippen LogP contribution is 2.25. The van der Waals surface area contributed by atoms with Crippen LogP contribution < -0.4 is 15.8 Å². The van der Waals surface area contributed by atoms with Gasteiger partial charge in [0.2, 0.25) is 5.95 Å². The molecule has 7 nitrogen and oxygen atoms in total. The Kier molecular flexibility index (Phi) is 4.66. The van der Waals surface area contributed by atoms with Gasteiger partial charge in [0.25, 0.3) is 0 Å². The number of fused-ring (bicyclic) bond motifs is 1. The highest BCUT2D eigenvalue weighted by molar-refractivity contribution is 6.30. The summed E-state index contributed by atoms with van der Waals surface area (Å²) in [6, 6.07) is 7.22. The number of aromatic nitrogens is 4. The van der Waals surface area contributed by atoms with Crippen LogP contribution in [0.3, 0.4) is 0 Å². The smallest absolute Gasteiger partial charge is 0.321 e. The highest BCUT2D eigenvalue weighted by Gasteiger charge is 2.14. The summed E-state index contributed by atoms with van der Waals surface area (Å²) in [6.45, 7) is -0.120. The van der Waals surface area contributed by atoms with Crippen molar-refractivity contribution >= 4 is 34.3 Å². The van der Waals surface area contributed by atoms with E-state index in [1.54, 1.807) is 18.2 Å². The summed E-state index contributed by atoms with van der Waals surface area (Å²) in [5.41, 5.74) is 7.54. The number of nitrogens with two attached hydrogens (primary N) is 1. The maximum atomic E-state index is 14.4. The van der Waals surface area contributed by atoms with Crippen molar-refractivity contribution in [3.05, 3.63) is 64.9 Å². The van der Waals surface area contributed by atoms with Gasteiger partial charge in [0.1, 0.15) is 17.4 Å². The zero-order chi connectivity index (χ0) is 19.7. The summed E-state index contributed by atoms with van der Waals surface area (Å²) in [5.74, 6) is -1.26. The Morgan fingerprint density at radius 1 is 1.11 bits per heavy atom. The SMILES string of the molecule is Nc1ccc2nc(NCc3c(F)cc(Oc4ncc(Cl)cn4)cc3F)[nH]c2c1. The minimum Gasteiger partial charge on any atom is -0.424 e. The van der Waals surface area contributed by atoms with E-state index in [1.807, 2.05) is 0 Å². The first-order valence-electron chi connectivity index (χ1n) is 8.10. The van der Waals surface area contributed by atoms with Gasteiger partial charge in [-0.05, 0) is 18.2 Å². The summed E-state index contributed by atoms with van der Waals surface area (Å²) >= 11 is 5.68. The van der Waals surface area contributed by atoms with Crippen LogP contribution in [-0.4, -0.2) is 19.9 Å². The lowest BCUT2D eigenvalue weighted by Crippen LogP contribution is -2.06.